The van der Waals surface area contributed by atoms with Gasteiger partial charge in [-0.05, 0) is 49.4 Å². The van der Waals surface area contributed by atoms with E-state index in [1.54, 1.807) is 60.2 Å². The molecule has 1 unspecified atom stereocenters. The Hall–Kier alpha value is -2.67. The monoisotopic (exact) mass is 372 g/mol. The molecule has 0 saturated carbocycles. The van der Waals surface area contributed by atoms with E-state index < -0.39 is 6.04 Å². The number of methoxy groups -OCH3 is 1. The molecule has 2 amide bonds. The van der Waals surface area contributed by atoms with E-state index >= 15 is 0 Å². The van der Waals surface area contributed by atoms with E-state index in [4.69, 9.17) is 9.15 Å². The van der Waals surface area contributed by atoms with E-state index in [0.29, 0.717) is 23.1 Å². The van der Waals surface area contributed by atoms with Crippen molar-refractivity contribution in [3.05, 3.63) is 54.0 Å². The van der Waals surface area contributed by atoms with E-state index in [1.165, 1.54) is 6.08 Å². The van der Waals surface area contributed by atoms with Crippen LogP contribution in [0.5, 0.6) is 5.75 Å². The molecule has 1 aromatic carbocycles. The molecular formula is C19H20N2O4S. The maximum Gasteiger partial charge on any atom is 0.248 e. The average Bonchev–Trinajstić information content (AvgIpc) is 3.29. The van der Waals surface area contributed by atoms with Gasteiger partial charge in [0.15, 0.2) is 0 Å². The van der Waals surface area contributed by atoms with Gasteiger partial charge in [0, 0.05) is 17.5 Å². The summed E-state index contributed by atoms with van der Waals surface area (Å²) in [5.41, 5.74) is 0.668. The van der Waals surface area contributed by atoms with Crippen LogP contribution in [0.1, 0.15) is 11.5 Å². The number of aryl methyl sites for hydroxylation is 1. The third-order valence-electron chi connectivity index (χ3n) is 3.98. The van der Waals surface area contributed by atoms with Crippen LogP contribution < -0.4 is 10.1 Å². The number of benzene rings is 1. The van der Waals surface area contributed by atoms with Gasteiger partial charge in [0.2, 0.25) is 11.8 Å². The summed E-state index contributed by atoms with van der Waals surface area (Å²) in [6.45, 7) is 1.84. The van der Waals surface area contributed by atoms with Crippen molar-refractivity contribution >= 4 is 35.3 Å². The second-order valence-corrected chi connectivity index (χ2v) is 6.82. The molecule has 0 aliphatic carbocycles. The zero-order chi connectivity index (χ0) is 18.5. The fourth-order valence-electron chi connectivity index (χ4n) is 2.57. The number of hydrogen-bond acceptors (Lipinski definition) is 5. The van der Waals surface area contributed by atoms with Gasteiger partial charge in [-0.1, -0.05) is 0 Å². The van der Waals surface area contributed by atoms with Gasteiger partial charge in [-0.25, -0.2) is 0 Å². The molecule has 136 valence electrons. The van der Waals surface area contributed by atoms with E-state index in [0.717, 1.165) is 11.5 Å². The quantitative estimate of drug-likeness (QED) is 0.817. The number of amides is 2. The molecule has 2 aromatic rings. The summed E-state index contributed by atoms with van der Waals surface area (Å²) < 4.78 is 10.5. The second kappa shape index (κ2) is 8.14. The maximum absolute atomic E-state index is 12.6. The van der Waals surface area contributed by atoms with Gasteiger partial charge < -0.3 is 19.4 Å². The van der Waals surface area contributed by atoms with E-state index in [-0.39, 0.29) is 11.8 Å². The molecule has 6 nitrogen and oxygen atoms in total. The van der Waals surface area contributed by atoms with Crippen molar-refractivity contribution < 1.29 is 18.7 Å². The van der Waals surface area contributed by atoms with Gasteiger partial charge in [0.05, 0.1) is 13.0 Å². The smallest absolute Gasteiger partial charge is 0.248 e. The first-order valence-corrected chi connectivity index (χ1v) is 9.30. The van der Waals surface area contributed by atoms with Crippen LogP contribution in [0.3, 0.4) is 0 Å². The Morgan fingerprint density at radius 2 is 2.04 bits per heavy atom. The number of nitrogens with zero attached hydrogens (tertiary/aromatic N) is 1. The Morgan fingerprint density at radius 3 is 2.69 bits per heavy atom. The van der Waals surface area contributed by atoms with Gasteiger partial charge in [0.25, 0.3) is 0 Å². The van der Waals surface area contributed by atoms with Crippen LogP contribution in [-0.4, -0.2) is 41.5 Å². The SMILES string of the molecule is COc1ccc(NC(=O)C2CSCN2C(=O)/C=C/c2ccc(C)o2)cc1. The van der Waals surface area contributed by atoms with Crippen LogP contribution in [0.4, 0.5) is 5.69 Å². The third-order valence-corrected chi connectivity index (χ3v) is 4.99. The molecule has 1 atom stereocenters. The first kappa shape index (κ1) is 18.1. The Bertz CT molecular complexity index is 813. The van der Waals surface area contributed by atoms with Crippen molar-refractivity contribution in [3.63, 3.8) is 0 Å². The zero-order valence-corrected chi connectivity index (χ0v) is 15.4. The molecule has 1 aliphatic rings. The van der Waals surface area contributed by atoms with E-state index in [2.05, 4.69) is 5.32 Å². The molecule has 1 saturated heterocycles. The number of anilines is 1. The maximum atomic E-state index is 12.6. The third kappa shape index (κ3) is 4.29. The van der Waals surface area contributed by atoms with Crippen molar-refractivity contribution in [2.24, 2.45) is 0 Å². The van der Waals surface area contributed by atoms with Gasteiger partial charge >= 0.3 is 0 Å². The van der Waals surface area contributed by atoms with Crippen molar-refractivity contribution in [2.75, 3.05) is 24.1 Å². The Labute approximate surface area is 156 Å². The highest BCUT2D eigenvalue weighted by molar-refractivity contribution is 7.99. The average molecular weight is 372 g/mol. The minimum Gasteiger partial charge on any atom is -0.497 e. The molecule has 2 heterocycles. The molecule has 3 rings (SSSR count). The zero-order valence-electron chi connectivity index (χ0n) is 14.6. The number of nitrogens with one attached hydrogen (secondary N) is 1. The summed E-state index contributed by atoms with van der Waals surface area (Å²) in [5, 5.41) is 2.85. The van der Waals surface area contributed by atoms with Crippen molar-refractivity contribution in [1.29, 1.82) is 0 Å². The topological polar surface area (TPSA) is 71.8 Å². The number of carbonyl (C=O) groups excluding carboxylic acids is 2. The Morgan fingerprint density at radius 1 is 1.27 bits per heavy atom. The van der Waals surface area contributed by atoms with Crippen molar-refractivity contribution in [2.45, 2.75) is 13.0 Å². The lowest BCUT2D eigenvalue weighted by molar-refractivity contribution is -0.132. The summed E-state index contributed by atoms with van der Waals surface area (Å²) in [6.07, 6.45) is 3.06. The summed E-state index contributed by atoms with van der Waals surface area (Å²) in [4.78, 5) is 26.6. The fourth-order valence-corrected chi connectivity index (χ4v) is 3.73. The van der Waals surface area contributed by atoms with Gasteiger partial charge in [0.1, 0.15) is 23.3 Å². The standard InChI is InChI=1S/C19H20N2O4S/c1-13-3-6-16(25-13)9-10-18(22)21-12-26-11-17(21)19(23)20-14-4-7-15(24-2)8-5-14/h3-10,17H,11-12H2,1-2H3,(H,20,23)/b10-9+. The molecule has 0 bridgehead atoms. The van der Waals surface area contributed by atoms with Crippen LogP contribution in [0.2, 0.25) is 0 Å². The molecule has 1 aromatic heterocycles. The van der Waals surface area contributed by atoms with E-state index in [1.807, 2.05) is 13.0 Å². The molecular weight excluding hydrogens is 352 g/mol. The minimum absolute atomic E-state index is 0.198. The number of furan rings is 1. The predicted octanol–water partition coefficient (Wildman–Crippen LogP) is 3.15. The van der Waals surface area contributed by atoms with E-state index in [9.17, 15) is 9.59 Å². The van der Waals surface area contributed by atoms with Crippen LogP contribution in [0.15, 0.2) is 46.9 Å². The minimum atomic E-state index is -0.502. The van der Waals surface area contributed by atoms with Crippen LogP contribution in [0.25, 0.3) is 6.08 Å². The highest BCUT2D eigenvalue weighted by Gasteiger charge is 2.33. The summed E-state index contributed by atoms with van der Waals surface area (Å²) >= 11 is 1.56. The summed E-state index contributed by atoms with van der Waals surface area (Å²) in [7, 11) is 1.59. The van der Waals surface area contributed by atoms with Gasteiger partial charge in [-0.15, -0.1) is 11.8 Å². The molecule has 1 fully saturated rings. The molecule has 7 heteroatoms. The number of ether oxygens (including phenoxy) is 1. The van der Waals surface area contributed by atoms with Crippen molar-refractivity contribution in [1.82, 2.24) is 4.90 Å². The fraction of sp³-hybridized carbons (Fsp3) is 0.263. The highest BCUT2D eigenvalue weighted by Crippen LogP contribution is 2.23. The molecule has 1 aliphatic heterocycles. The number of hydrogen-bond donors (Lipinski definition) is 1. The molecule has 0 spiro atoms. The van der Waals surface area contributed by atoms with Crippen LogP contribution in [0, 0.1) is 6.92 Å². The molecule has 0 radical (unpaired) electrons. The summed E-state index contributed by atoms with van der Waals surface area (Å²) in [6, 6.07) is 10.2. The largest absolute Gasteiger partial charge is 0.497 e. The highest BCUT2D eigenvalue weighted by atomic mass is 32.2. The Balaban J connectivity index is 1.63. The first-order chi connectivity index (χ1) is 12.6. The van der Waals surface area contributed by atoms with Crippen molar-refractivity contribution in [3.8, 4) is 5.75 Å². The lowest BCUT2D eigenvalue weighted by Gasteiger charge is -2.21. The predicted molar refractivity (Wildman–Crippen MR) is 102 cm³/mol. The van der Waals surface area contributed by atoms with Crippen LogP contribution >= 0.6 is 11.8 Å². The van der Waals surface area contributed by atoms with Gasteiger partial charge in [-0.2, -0.15) is 0 Å². The summed E-state index contributed by atoms with van der Waals surface area (Å²) in [5.74, 6) is 2.76. The van der Waals surface area contributed by atoms with Gasteiger partial charge in [-0.3, -0.25) is 9.59 Å². The Kier molecular flexibility index (Phi) is 5.68. The second-order valence-electron chi connectivity index (χ2n) is 5.82. The molecule has 26 heavy (non-hydrogen) atoms. The lowest BCUT2D eigenvalue weighted by atomic mass is 10.2. The number of thioether (sulfide) groups is 1. The molecule has 1 N–H and O–H groups in total. The normalized spacial score (nSPS) is 16.8. The number of rotatable bonds is 5. The van der Waals surface area contributed by atoms with Crippen LogP contribution in [-0.2, 0) is 9.59 Å². The first-order valence-electron chi connectivity index (χ1n) is 8.14. The lowest BCUT2D eigenvalue weighted by Crippen LogP contribution is -2.43. The number of carbonyl (C=O) groups is 2.